The van der Waals surface area contributed by atoms with E-state index < -0.39 is 5.97 Å². The van der Waals surface area contributed by atoms with Gasteiger partial charge in [-0.2, -0.15) is 0 Å². The van der Waals surface area contributed by atoms with Crippen LogP contribution in [0.5, 0.6) is 0 Å². The number of ether oxygens (including phenoxy) is 1. The standard InChI is InChI=1S/C19H19N3O2/c1-3-24-19(23)17-18(20-13(2)14-9-5-4-6-10-14)22-16-12-8-7-11-15(16)21-17/h4-13H,3H2,1-2H3,(H,20,22)/t13-/m1/s1. The number of hydrogen-bond acceptors (Lipinski definition) is 5. The van der Waals surface area contributed by atoms with E-state index in [1.54, 1.807) is 6.92 Å². The number of esters is 1. The molecule has 0 fully saturated rings. The first kappa shape index (κ1) is 15.9. The molecule has 0 radical (unpaired) electrons. The minimum absolute atomic E-state index is 0.0187. The molecule has 2 aromatic carbocycles. The highest BCUT2D eigenvalue weighted by atomic mass is 16.5. The zero-order valence-electron chi connectivity index (χ0n) is 13.7. The first-order valence-corrected chi connectivity index (χ1v) is 7.94. The summed E-state index contributed by atoms with van der Waals surface area (Å²) in [5.41, 5.74) is 2.70. The Morgan fingerprint density at radius 1 is 1.04 bits per heavy atom. The average molecular weight is 321 g/mol. The van der Waals surface area contributed by atoms with Crippen LogP contribution in [-0.4, -0.2) is 22.5 Å². The first-order chi connectivity index (χ1) is 11.7. The number of aromatic nitrogens is 2. The lowest BCUT2D eigenvalue weighted by Crippen LogP contribution is -2.16. The maximum absolute atomic E-state index is 12.3. The predicted octanol–water partition coefficient (Wildman–Crippen LogP) is 3.98. The van der Waals surface area contributed by atoms with Crippen LogP contribution in [0.15, 0.2) is 54.6 Å². The van der Waals surface area contributed by atoms with Crippen LogP contribution in [0.2, 0.25) is 0 Å². The maximum Gasteiger partial charge on any atom is 0.360 e. The van der Waals surface area contributed by atoms with Gasteiger partial charge in [-0.05, 0) is 31.5 Å². The van der Waals surface area contributed by atoms with Gasteiger partial charge >= 0.3 is 5.97 Å². The highest BCUT2D eigenvalue weighted by molar-refractivity contribution is 5.95. The quantitative estimate of drug-likeness (QED) is 0.720. The zero-order valence-corrected chi connectivity index (χ0v) is 13.7. The topological polar surface area (TPSA) is 64.1 Å². The Hall–Kier alpha value is -2.95. The van der Waals surface area contributed by atoms with Gasteiger partial charge in [-0.15, -0.1) is 0 Å². The Bertz CT molecular complexity index is 850. The van der Waals surface area contributed by atoms with E-state index in [0.29, 0.717) is 17.9 Å². The summed E-state index contributed by atoms with van der Waals surface area (Å²) in [5.74, 6) is -0.0398. The maximum atomic E-state index is 12.3. The monoisotopic (exact) mass is 321 g/mol. The van der Waals surface area contributed by atoms with Crippen molar-refractivity contribution in [2.75, 3.05) is 11.9 Å². The third-order valence-electron chi connectivity index (χ3n) is 3.69. The Morgan fingerprint density at radius 2 is 1.67 bits per heavy atom. The number of fused-ring (bicyclic) bond motifs is 1. The first-order valence-electron chi connectivity index (χ1n) is 7.94. The van der Waals surface area contributed by atoms with E-state index in [9.17, 15) is 4.79 Å². The highest BCUT2D eigenvalue weighted by Crippen LogP contribution is 2.23. The van der Waals surface area contributed by atoms with E-state index in [0.717, 1.165) is 11.1 Å². The van der Waals surface area contributed by atoms with Gasteiger partial charge in [0.15, 0.2) is 11.5 Å². The fourth-order valence-corrected chi connectivity index (χ4v) is 2.47. The van der Waals surface area contributed by atoms with Crippen LogP contribution in [0, 0.1) is 0 Å². The molecule has 1 N–H and O–H groups in total. The number of rotatable bonds is 5. The largest absolute Gasteiger partial charge is 0.461 e. The van der Waals surface area contributed by atoms with E-state index in [4.69, 9.17) is 4.74 Å². The molecule has 5 heteroatoms. The zero-order chi connectivity index (χ0) is 16.9. The van der Waals surface area contributed by atoms with E-state index in [1.165, 1.54) is 0 Å². The molecular weight excluding hydrogens is 302 g/mol. The minimum Gasteiger partial charge on any atom is -0.461 e. The molecule has 1 heterocycles. The molecule has 0 aliphatic carbocycles. The molecule has 0 spiro atoms. The van der Waals surface area contributed by atoms with Crippen LogP contribution in [0.25, 0.3) is 11.0 Å². The Balaban J connectivity index is 2.00. The van der Waals surface area contributed by atoms with Crippen LogP contribution >= 0.6 is 0 Å². The van der Waals surface area contributed by atoms with Crippen molar-refractivity contribution in [3.8, 4) is 0 Å². The molecule has 1 aromatic heterocycles. The molecule has 0 saturated carbocycles. The van der Waals surface area contributed by atoms with Crippen LogP contribution in [0.1, 0.15) is 35.9 Å². The molecule has 3 aromatic rings. The van der Waals surface area contributed by atoms with Crippen LogP contribution < -0.4 is 5.32 Å². The van der Waals surface area contributed by atoms with Gasteiger partial charge in [0, 0.05) is 0 Å². The summed E-state index contributed by atoms with van der Waals surface area (Å²) in [4.78, 5) is 21.3. The Kier molecular flexibility index (Phi) is 4.70. The van der Waals surface area contributed by atoms with E-state index in [2.05, 4.69) is 15.3 Å². The molecular formula is C19H19N3O2. The van der Waals surface area contributed by atoms with E-state index >= 15 is 0 Å². The molecule has 3 rings (SSSR count). The third-order valence-corrected chi connectivity index (χ3v) is 3.69. The summed E-state index contributed by atoms with van der Waals surface area (Å²) in [5, 5.41) is 3.28. The third kappa shape index (κ3) is 3.35. The van der Waals surface area contributed by atoms with Gasteiger partial charge in [-0.1, -0.05) is 42.5 Å². The predicted molar refractivity (Wildman–Crippen MR) is 94.0 cm³/mol. The molecule has 0 amide bonds. The normalized spacial score (nSPS) is 11.9. The Labute approximate surface area is 140 Å². The summed E-state index contributed by atoms with van der Waals surface area (Å²) in [6.45, 7) is 4.08. The minimum atomic E-state index is -0.474. The number of nitrogens with zero attached hydrogens (tertiary/aromatic N) is 2. The van der Waals surface area contributed by atoms with Crippen molar-refractivity contribution in [1.82, 2.24) is 9.97 Å². The van der Waals surface area contributed by atoms with Gasteiger partial charge < -0.3 is 10.1 Å². The second-order valence-electron chi connectivity index (χ2n) is 5.41. The van der Waals surface area contributed by atoms with Crippen molar-refractivity contribution >= 4 is 22.8 Å². The van der Waals surface area contributed by atoms with Crippen molar-refractivity contribution in [3.05, 3.63) is 65.9 Å². The number of hydrogen-bond donors (Lipinski definition) is 1. The lowest BCUT2D eigenvalue weighted by molar-refractivity contribution is 0.0520. The molecule has 122 valence electrons. The molecule has 0 aliphatic heterocycles. The van der Waals surface area contributed by atoms with E-state index in [-0.39, 0.29) is 11.7 Å². The van der Waals surface area contributed by atoms with Gasteiger partial charge in [-0.3, -0.25) is 0 Å². The van der Waals surface area contributed by atoms with Crippen molar-refractivity contribution in [2.45, 2.75) is 19.9 Å². The molecule has 24 heavy (non-hydrogen) atoms. The molecule has 5 nitrogen and oxygen atoms in total. The van der Waals surface area contributed by atoms with Gasteiger partial charge in [-0.25, -0.2) is 14.8 Å². The SMILES string of the molecule is CCOC(=O)c1nc2ccccc2nc1N[C@H](C)c1ccccc1. The number of carbonyl (C=O) groups is 1. The summed E-state index contributed by atoms with van der Waals surface area (Å²) in [7, 11) is 0. The number of nitrogens with one attached hydrogen (secondary N) is 1. The smallest absolute Gasteiger partial charge is 0.360 e. The van der Waals surface area contributed by atoms with Crippen molar-refractivity contribution in [3.63, 3.8) is 0 Å². The van der Waals surface area contributed by atoms with Crippen molar-refractivity contribution < 1.29 is 9.53 Å². The van der Waals surface area contributed by atoms with Gasteiger partial charge in [0.2, 0.25) is 0 Å². The van der Waals surface area contributed by atoms with Crippen molar-refractivity contribution in [1.29, 1.82) is 0 Å². The molecule has 0 saturated heterocycles. The summed E-state index contributed by atoms with van der Waals surface area (Å²) < 4.78 is 5.12. The fraction of sp³-hybridized carbons (Fsp3) is 0.211. The summed E-state index contributed by atoms with van der Waals surface area (Å²) >= 11 is 0. The fourth-order valence-electron chi connectivity index (χ4n) is 2.47. The number of anilines is 1. The second-order valence-corrected chi connectivity index (χ2v) is 5.41. The summed E-state index contributed by atoms with van der Waals surface area (Å²) in [6.07, 6.45) is 0. The molecule has 0 unspecified atom stereocenters. The van der Waals surface area contributed by atoms with Gasteiger partial charge in [0.1, 0.15) is 0 Å². The van der Waals surface area contributed by atoms with Gasteiger partial charge in [0.05, 0.1) is 23.7 Å². The van der Waals surface area contributed by atoms with E-state index in [1.807, 2.05) is 61.5 Å². The molecule has 0 aliphatic rings. The Morgan fingerprint density at radius 3 is 2.33 bits per heavy atom. The molecule has 0 bridgehead atoms. The number of carbonyl (C=O) groups excluding carboxylic acids is 1. The average Bonchev–Trinajstić information content (AvgIpc) is 2.62. The summed E-state index contributed by atoms with van der Waals surface area (Å²) in [6, 6.07) is 17.4. The lowest BCUT2D eigenvalue weighted by Gasteiger charge is -2.17. The molecule has 1 atom stereocenters. The lowest BCUT2D eigenvalue weighted by atomic mass is 10.1. The number of benzene rings is 2. The van der Waals surface area contributed by atoms with Crippen LogP contribution in [-0.2, 0) is 4.74 Å². The van der Waals surface area contributed by atoms with Crippen LogP contribution in [0.4, 0.5) is 5.82 Å². The second kappa shape index (κ2) is 7.08. The number of para-hydroxylation sites is 2. The van der Waals surface area contributed by atoms with Crippen molar-refractivity contribution in [2.24, 2.45) is 0 Å². The van der Waals surface area contributed by atoms with Gasteiger partial charge in [0.25, 0.3) is 0 Å². The highest BCUT2D eigenvalue weighted by Gasteiger charge is 2.19. The van der Waals surface area contributed by atoms with Crippen LogP contribution in [0.3, 0.4) is 0 Å².